The molecule has 0 unspecified atom stereocenters. The minimum Gasteiger partial charge on any atom is -0.370 e. The van der Waals surface area contributed by atoms with Crippen LogP contribution in [-0.2, 0) is 19.7 Å². The molecule has 0 spiro atoms. The first-order valence-electron chi connectivity index (χ1n) is 5.07. The number of aryl methyl sites for hydroxylation is 1. The fourth-order valence-corrected chi connectivity index (χ4v) is 3.96. The second-order valence-electron chi connectivity index (χ2n) is 4.17. The third-order valence-corrected chi connectivity index (χ3v) is 4.71. The van der Waals surface area contributed by atoms with Gasteiger partial charge >= 0.3 is 0 Å². The Balaban J connectivity index is 3.81. The summed E-state index contributed by atoms with van der Waals surface area (Å²) in [5.41, 5.74) is 11.1. The first-order valence-corrected chi connectivity index (χ1v) is 8.85. The first-order chi connectivity index (χ1) is 8.43. The molecule has 0 bridgehead atoms. The maximum absolute atomic E-state index is 11.7. The highest BCUT2D eigenvalue weighted by atomic mass is 32.2. The number of nitrogens with two attached hydrogens (primary N) is 2. The van der Waals surface area contributed by atoms with Crippen molar-refractivity contribution in [1.29, 1.82) is 0 Å². The SMILES string of the molecule is Cc1cc(S(C)(=O)=O)c(S(C)(=O)=O)cc1N=C(N)N. The number of hydrogen-bond acceptors (Lipinski definition) is 5. The van der Waals surface area contributed by atoms with E-state index >= 15 is 0 Å². The van der Waals surface area contributed by atoms with Gasteiger partial charge in [0.1, 0.15) is 0 Å². The molecule has 7 nitrogen and oxygen atoms in total. The average Bonchev–Trinajstić information content (AvgIpc) is 2.16. The van der Waals surface area contributed by atoms with Crippen molar-refractivity contribution >= 4 is 31.3 Å². The fraction of sp³-hybridized carbons (Fsp3) is 0.300. The van der Waals surface area contributed by atoms with Gasteiger partial charge in [-0.05, 0) is 24.6 Å². The van der Waals surface area contributed by atoms with Crippen LogP contribution in [0.3, 0.4) is 0 Å². The highest BCUT2D eigenvalue weighted by molar-refractivity contribution is 7.93. The highest BCUT2D eigenvalue weighted by Crippen LogP contribution is 2.29. The summed E-state index contributed by atoms with van der Waals surface area (Å²) in [7, 11) is -7.40. The zero-order chi connectivity index (χ0) is 15.0. The zero-order valence-corrected chi connectivity index (χ0v) is 12.3. The van der Waals surface area contributed by atoms with Gasteiger partial charge < -0.3 is 11.5 Å². The van der Waals surface area contributed by atoms with Crippen LogP contribution in [-0.4, -0.2) is 35.3 Å². The molecule has 9 heteroatoms. The monoisotopic (exact) mass is 305 g/mol. The van der Waals surface area contributed by atoms with Crippen LogP contribution >= 0.6 is 0 Å². The van der Waals surface area contributed by atoms with E-state index in [0.29, 0.717) is 5.56 Å². The Morgan fingerprint density at radius 2 is 1.42 bits per heavy atom. The summed E-state index contributed by atoms with van der Waals surface area (Å²) in [5, 5.41) is 0. The van der Waals surface area contributed by atoms with Gasteiger partial charge in [0, 0.05) is 12.5 Å². The molecular formula is C10H15N3O4S2. The summed E-state index contributed by atoms with van der Waals surface area (Å²) in [6.45, 7) is 1.59. The van der Waals surface area contributed by atoms with E-state index < -0.39 is 19.7 Å². The topological polar surface area (TPSA) is 133 Å². The van der Waals surface area contributed by atoms with Crippen molar-refractivity contribution in [3.63, 3.8) is 0 Å². The number of guanidine groups is 1. The van der Waals surface area contributed by atoms with Crippen molar-refractivity contribution in [2.45, 2.75) is 16.7 Å². The van der Waals surface area contributed by atoms with Crippen molar-refractivity contribution in [3.8, 4) is 0 Å². The molecule has 0 aromatic heterocycles. The van der Waals surface area contributed by atoms with Crippen LogP contribution < -0.4 is 11.5 Å². The Morgan fingerprint density at radius 3 is 1.79 bits per heavy atom. The number of aliphatic imine (C=N–C) groups is 1. The van der Waals surface area contributed by atoms with Crippen molar-refractivity contribution in [3.05, 3.63) is 17.7 Å². The average molecular weight is 305 g/mol. The van der Waals surface area contributed by atoms with E-state index in [0.717, 1.165) is 18.6 Å². The Bertz CT molecular complexity index is 745. The van der Waals surface area contributed by atoms with Crippen LogP contribution in [0.15, 0.2) is 26.9 Å². The molecule has 0 saturated heterocycles. The van der Waals surface area contributed by atoms with Gasteiger partial charge in [0.25, 0.3) is 0 Å². The summed E-state index contributed by atoms with van der Waals surface area (Å²) < 4.78 is 46.6. The molecule has 1 aromatic rings. The molecule has 106 valence electrons. The minimum atomic E-state index is -3.72. The van der Waals surface area contributed by atoms with E-state index in [9.17, 15) is 16.8 Å². The molecule has 0 aliphatic rings. The van der Waals surface area contributed by atoms with Crippen molar-refractivity contribution in [1.82, 2.24) is 0 Å². The molecule has 19 heavy (non-hydrogen) atoms. The quantitative estimate of drug-likeness (QED) is 0.582. The normalized spacial score (nSPS) is 12.2. The molecule has 1 rings (SSSR count). The smallest absolute Gasteiger partial charge is 0.191 e. The van der Waals surface area contributed by atoms with Gasteiger partial charge in [-0.25, -0.2) is 21.8 Å². The second kappa shape index (κ2) is 4.82. The van der Waals surface area contributed by atoms with Gasteiger partial charge in [0.05, 0.1) is 15.5 Å². The number of nitrogens with zero attached hydrogens (tertiary/aromatic N) is 1. The summed E-state index contributed by atoms with van der Waals surface area (Å²) in [4.78, 5) is 3.19. The maximum atomic E-state index is 11.7. The lowest BCUT2D eigenvalue weighted by Crippen LogP contribution is -2.22. The number of sulfone groups is 2. The van der Waals surface area contributed by atoms with Crippen LogP contribution in [0.4, 0.5) is 5.69 Å². The maximum Gasteiger partial charge on any atom is 0.191 e. The van der Waals surface area contributed by atoms with Gasteiger partial charge in [-0.3, -0.25) is 0 Å². The molecule has 0 radical (unpaired) electrons. The first kappa shape index (κ1) is 15.4. The Hall–Kier alpha value is -1.61. The van der Waals surface area contributed by atoms with E-state index in [4.69, 9.17) is 11.5 Å². The summed E-state index contributed by atoms with van der Waals surface area (Å²) in [5.74, 6) is -0.241. The van der Waals surface area contributed by atoms with Crippen molar-refractivity contribution in [2.24, 2.45) is 16.5 Å². The standard InChI is InChI=1S/C10H15N3O4S2/c1-6-4-8(18(2,14)15)9(19(3,16)17)5-7(6)13-10(11)12/h4-5H,1-3H3,(H4,11,12,13). The lowest BCUT2D eigenvalue weighted by atomic mass is 10.2. The molecule has 0 fully saturated rings. The molecule has 0 amide bonds. The summed E-state index contributed by atoms with van der Waals surface area (Å²) in [6.07, 6.45) is 1.86. The Labute approximate surface area is 112 Å². The van der Waals surface area contributed by atoms with Gasteiger partial charge in [-0.1, -0.05) is 0 Å². The van der Waals surface area contributed by atoms with Crippen LogP contribution in [0.1, 0.15) is 5.56 Å². The predicted octanol–water partition coefficient (Wildman–Crippen LogP) is -0.293. The third kappa shape index (κ3) is 3.67. The highest BCUT2D eigenvalue weighted by Gasteiger charge is 2.22. The zero-order valence-electron chi connectivity index (χ0n) is 10.7. The van der Waals surface area contributed by atoms with Crippen LogP contribution in [0, 0.1) is 6.92 Å². The van der Waals surface area contributed by atoms with Gasteiger partial charge in [0.15, 0.2) is 25.6 Å². The van der Waals surface area contributed by atoms with Gasteiger partial charge in [-0.2, -0.15) is 0 Å². The van der Waals surface area contributed by atoms with Crippen molar-refractivity contribution < 1.29 is 16.8 Å². The molecule has 1 aromatic carbocycles. The van der Waals surface area contributed by atoms with Crippen LogP contribution in [0.5, 0.6) is 0 Å². The number of hydrogen-bond donors (Lipinski definition) is 2. The van der Waals surface area contributed by atoms with E-state index in [1.807, 2.05) is 0 Å². The van der Waals surface area contributed by atoms with Crippen LogP contribution in [0.2, 0.25) is 0 Å². The predicted molar refractivity (Wildman–Crippen MR) is 72.9 cm³/mol. The van der Waals surface area contributed by atoms with Crippen molar-refractivity contribution in [2.75, 3.05) is 12.5 Å². The van der Waals surface area contributed by atoms with Gasteiger partial charge in [-0.15, -0.1) is 0 Å². The third-order valence-electron chi connectivity index (χ3n) is 2.31. The molecular weight excluding hydrogens is 290 g/mol. The fourth-order valence-electron chi connectivity index (χ4n) is 1.49. The number of benzene rings is 1. The molecule has 4 N–H and O–H groups in total. The molecule has 0 saturated carbocycles. The second-order valence-corrected chi connectivity index (χ2v) is 8.13. The molecule has 0 aliphatic heterocycles. The van der Waals surface area contributed by atoms with E-state index in [1.54, 1.807) is 6.92 Å². The summed E-state index contributed by atoms with van der Waals surface area (Å²) >= 11 is 0. The van der Waals surface area contributed by atoms with E-state index in [-0.39, 0.29) is 21.4 Å². The Morgan fingerprint density at radius 1 is 1.00 bits per heavy atom. The molecule has 0 atom stereocenters. The molecule has 0 aliphatic carbocycles. The van der Waals surface area contributed by atoms with E-state index in [2.05, 4.69) is 4.99 Å². The molecule has 0 heterocycles. The van der Waals surface area contributed by atoms with E-state index in [1.165, 1.54) is 6.07 Å². The van der Waals surface area contributed by atoms with Crippen LogP contribution in [0.25, 0.3) is 0 Å². The lowest BCUT2D eigenvalue weighted by molar-refractivity contribution is 0.588. The van der Waals surface area contributed by atoms with Gasteiger partial charge in [0.2, 0.25) is 0 Å². The number of rotatable bonds is 3. The largest absolute Gasteiger partial charge is 0.370 e. The minimum absolute atomic E-state index is 0.216. The Kier molecular flexibility index (Phi) is 3.92. The summed E-state index contributed by atoms with van der Waals surface area (Å²) in [6, 6.07) is 2.40. The lowest BCUT2D eigenvalue weighted by Gasteiger charge is -2.10.